The molecule has 58 valence electrons. The van der Waals surface area contributed by atoms with Gasteiger partial charge in [0.05, 0.1) is 0 Å². The number of rotatable bonds is 2. The van der Waals surface area contributed by atoms with Crippen molar-refractivity contribution >= 4 is 12.4 Å². The Morgan fingerprint density at radius 3 is 1.67 bits per heavy atom. The maximum Gasteiger partial charge on any atom is 0.224 e. The Labute approximate surface area is 61.7 Å². The molecule has 0 atom stereocenters. The monoisotopic (exact) mass is 155 g/mol. The lowest BCUT2D eigenvalue weighted by Crippen LogP contribution is -2.43. The topological polar surface area (TPSA) is 43.7 Å². The SMILES string of the molecule is CCC(O)(O)N(C)C.Cl. The van der Waals surface area contributed by atoms with Crippen LogP contribution in [0.5, 0.6) is 0 Å². The summed E-state index contributed by atoms with van der Waals surface area (Å²) >= 11 is 0. The van der Waals surface area contributed by atoms with E-state index in [1.165, 1.54) is 4.90 Å². The highest BCUT2D eigenvalue weighted by atomic mass is 35.5. The van der Waals surface area contributed by atoms with E-state index in [1.54, 1.807) is 21.0 Å². The van der Waals surface area contributed by atoms with Crippen LogP contribution in [-0.4, -0.2) is 35.1 Å². The molecule has 0 aliphatic heterocycles. The van der Waals surface area contributed by atoms with Crippen LogP contribution < -0.4 is 0 Å². The molecule has 9 heavy (non-hydrogen) atoms. The second kappa shape index (κ2) is 4.06. The van der Waals surface area contributed by atoms with E-state index in [0.717, 1.165) is 0 Å². The first-order chi connectivity index (χ1) is 3.50. The maximum absolute atomic E-state index is 8.88. The van der Waals surface area contributed by atoms with Crippen molar-refractivity contribution in [3.8, 4) is 0 Å². The summed E-state index contributed by atoms with van der Waals surface area (Å²) in [6.07, 6.45) is 0.319. The molecule has 0 aliphatic carbocycles. The van der Waals surface area contributed by atoms with Gasteiger partial charge >= 0.3 is 0 Å². The van der Waals surface area contributed by atoms with Crippen LogP contribution in [0.4, 0.5) is 0 Å². The van der Waals surface area contributed by atoms with Crippen molar-refractivity contribution in [1.29, 1.82) is 0 Å². The average molecular weight is 156 g/mol. The van der Waals surface area contributed by atoms with Gasteiger partial charge in [0.15, 0.2) is 0 Å². The smallest absolute Gasteiger partial charge is 0.224 e. The zero-order valence-electron chi connectivity index (χ0n) is 5.96. The Morgan fingerprint density at radius 1 is 1.33 bits per heavy atom. The summed E-state index contributed by atoms with van der Waals surface area (Å²) in [7, 11) is 3.23. The molecule has 3 nitrogen and oxygen atoms in total. The Bertz CT molecular complexity index is 75.4. The van der Waals surface area contributed by atoms with Crippen LogP contribution in [0.25, 0.3) is 0 Å². The molecule has 0 unspecified atom stereocenters. The zero-order valence-corrected chi connectivity index (χ0v) is 6.77. The lowest BCUT2D eigenvalue weighted by Gasteiger charge is -2.26. The lowest BCUT2D eigenvalue weighted by atomic mass is 10.3. The molecule has 0 radical (unpaired) electrons. The molecule has 0 bridgehead atoms. The fourth-order valence-corrected chi connectivity index (χ4v) is 0.316. The van der Waals surface area contributed by atoms with Gasteiger partial charge in [-0.15, -0.1) is 12.4 Å². The van der Waals surface area contributed by atoms with Crippen molar-refractivity contribution in [2.75, 3.05) is 14.1 Å². The van der Waals surface area contributed by atoms with Gasteiger partial charge in [0, 0.05) is 6.42 Å². The summed E-state index contributed by atoms with van der Waals surface area (Å²) in [6.45, 7) is 1.71. The van der Waals surface area contributed by atoms with Crippen molar-refractivity contribution in [1.82, 2.24) is 4.90 Å². The van der Waals surface area contributed by atoms with E-state index in [-0.39, 0.29) is 12.4 Å². The fourth-order valence-electron chi connectivity index (χ4n) is 0.316. The van der Waals surface area contributed by atoms with Gasteiger partial charge in [-0.05, 0) is 14.1 Å². The third-order valence-electron chi connectivity index (χ3n) is 1.19. The molecule has 0 aliphatic rings. The molecular formula is C5H14ClNO2. The molecule has 0 fully saturated rings. The van der Waals surface area contributed by atoms with E-state index < -0.39 is 5.91 Å². The van der Waals surface area contributed by atoms with E-state index >= 15 is 0 Å². The second-order valence-electron chi connectivity index (χ2n) is 2.02. The van der Waals surface area contributed by atoms with Crippen LogP contribution in [0.1, 0.15) is 13.3 Å². The zero-order chi connectivity index (χ0) is 6.78. The van der Waals surface area contributed by atoms with Gasteiger partial charge in [0.2, 0.25) is 5.91 Å². The largest absolute Gasteiger partial charge is 0.353 e. The summed E-state index contributed by atoms with van der Waals surface area (Å²) < 4.78 is 0. The molecule has 0 saturated carbocycles. The minimum absolute atomic E-state index is 0. The molecule has 0 rings (SSSR count). The predicted molar refractivity (Wildman–Crippen MR) is 38.4 cm³/mol. The van der Waals surface area contributed by atoms with Gasteiger partial charge in [0.25, 0.3) is 0 Å². The Hall–Kier alpha value is 0.170. The normalized spacial score (nSPS) is 11.3. The van der Waals surface area contributed by atoms with Crippen LogP contribution in [0.3, 0.4) is 0 Å². The fraction of sp³-hybridized carbons (Fsp3) is 1.00. The Morgan fingerprint density at radius 2 is 1.67 bits per heavy atom. The summed E-state index contributed by atoms with van der Waals surface area (Å²) in [5.74, 6) is -1.62. The Balaban J connectivity index is 0. The highest BCUT2D eigenvalue weighted by Crippen LogP contribution is 2.05. The third-order valence-corrected chi connectivity index (χ3v) is 1.19. The van der Waals surface area contributed by atoms with Crippen LogP contribution in [-0.2, 0) is 0 Å². The minimum Gasteiger partial charge on any atom is -0.353 e. The number of nitrogens with zero attached hydrogens (tertiary/aromatic N) is 1. The van der Waals surface area contributed by atoms with E-state index in [4.69, 9.17) is 10.2 Å². The first kappa shape index (κ1) is 11.9. The van der Waals surface area contributed by atoms with Gasteiger partial charge in [-0.2, -0.15) is 0 Å². The summed E-state index contributed by atoms with van der Waals surface area (Å²) in [5.41, 5.74) is 0. The van der Waals surface area contributed by atoms with Crippen molar-refractivity contribution in [2.24, 2.45) is 0 Å². The third kappa shape index (κ3) is 3.70. The molecule has 2 N–H and O–H groups in total. The molecule has 0 aromatic heterocycles. The lowest BCUT2D eigenvalue weighted by molar-refractivity contribution is -0.249. The van der Waals surface area contributed by atoms with E-state index in [1.807, 2.05) is 0 Å². The molecule has 0 saturated heterocycles. The summed E-state index contributed by atoms with van der Waals surface area (Å²) in [4.78, 5) is 1.35. The van der Waals surface area contributed by atoms with E-state index in [9.17, 15) is 0 Å². The molecule has 0 heterocycles. The standard InChI is InChI=1S/C5H13NO2.ClH/c1-4-5(7,8)6(2)3;/h7-8H,4H2,1-3H3;1H. The Kier molecular flexibility index (Phi) is 5.37. The minimum atomic E-state index is -1.62. The van der Waals surface area contributed by atoms with E-state index in [0.29, 0.717) is 6.42 Å². The van der Waals surface area contributed by atoms with Crippen molar-refractivity contribution in [3.05, 3.63) is 0 Å². The molecule has 0 amide bonds. The summed E-state index contributed by atoms with van der Waals surface area (Å²) in [5, 5.41) is 17.8. The first-order valence-electron chi connectivity index (χ1n) is 2.63. The van der Waals surface area contributed by atoms with Crippen LogP contribution in [0.15, 0.2) is 0 Å². The first-order valence-corrected chi connectivity index (χ1v) is 2.63. The van der Waals surface area contributed by atoms with Gasteiger partial charge in [-0.1, -0.05) is 6.92 Å². The van der Waals surface area contributed by atoms with Gasteiger partial charge in [0.1, 0.15) is 0 Å². The second-order valence-corrected chi connectivity index (χ2v) is 2.02. The molecule has 0 aromatic rings. The number of halogens is 1. The maximum atomic E-state index is 8.88. The molecular weight excluding hydrogens is 142 g/mol. The van der Waals surface area contributed by atoms with Gasteiger partial charge < -0.3 is 10.2 Å². The van der Waals surface area contributed by atoms with Crippen molar-refractivity contribution in [3.63, 3.8) is 0 Å². The number of hydrogen-bond donors (Lipinski definition) is 2. The summed E-state index contributed by atoms with van der Waals surface area (Å²) in [6, 6.07) is 0. The molecule has 0 spiro atoms. The van der Waals surface area contributed by atoms with Crippen LogP contribution in [0.2, 0.25) is 0 Å². The van der Waals surface area contributed by atoms with Crippen LogP contribution in [0, 0.1) is 0 Å². The van der Waals surface area contributed by atoms with E-state index in [2.05, 4.69) is 0 Å². The number of aliphatic hydroxyl groups is 2. The predicted octanol–water partition coefficient (Wildman–Crippen LogP) is 0.0182. The molecule has 4 heteroatoms. The van der Waals surface area contributed by atoms with Gasteiger partial charge in [-0.3, -0.25) is 4.90 Å². The highest BCUT2D eigenvalue weighted by Gasteiger charge is 2.21. The van der Waals surface area contributed by atoms with Crippen molar-refractivity contribution in [2.45, 2.75) is 19.3 Å². The van der Waals surface area contributed by atoms with Crippen molar-refractivity contribution < 1.29 is 10.2 Å². The quantitative estimate of drug-likeness (QED) is 0.553. The highest BCUT2D eigenvalue weighted by molar-refractivity contribution is 5.85. The van der Waals surface area contributed by atoms with Gasteiger partial charge in [-0.25, -0.2) is 0 Å². The average Bonchev–Trinajstić information content (AvgIpc) is 1.67. The number of hydrogen-bond acceptors (Lipinski definition) is 3. The molecule has 0 aromatic carbocycles. The van der Waals surface area contributed by atoms with Crippen LogP contribution >= 0.6 is 12.4 Å².